The van der Waals surface area contributed by atoms with Gasteiger partial charge >= 0.3 is 5.97 Å². The van der Waals surface area contributed by atoms with Crippen LogP contribution in [0.5, 0.6) is 0 Å². The maximum atomic E-state index is 11.3. The van der Waals surface area contributed by atoms with E-state index in [1.54, 1.807) is 6.08 Å². The normalized spacial score (nSPS) is 12.6. The molecular formula is C10H10BrNO3S. The van der Waals surface area contributed by atoms with Gasteiger partial charge in [-0.2, -0.15) is 0 Å². The van der Waals surface area contributed by atoms with Gasteiger partial charge in [-0.05, 0) is 45.9 Å². The molecule has 0 saturated heterocycles. The first-order valence-corrected chi connectivity index (χ1v) is 6.11. The molecule has 86 valence electrons. The van der Waals surface area contributed by atoms with Crippen molar-refractivity contribution in [1.82, 2.24) is 5.32 Å². The van der Waals surface area contributed by atoms with Gasteiger partial charge in [0.05, 0.1) is 3.79 Å². The van der Waals surface area contributed by atoms with Crippen LogP contribution in [-0.4, -0.2) is 23.0 Å². The van der Waals surface area contributed by atoms with E-state index in [0.717, 1.165) is 9.35 Å². The molecule has 2 N–H and O–H groups in total. The summed E-state index contributed by atoms with van der Waals surface area (Å²) in [7, 11) is 0. The molecule has 16 heavy (non-hydrogen) atoms. The number of halogens is 1. The van der Waals surface area contributed by atoms with Crippen LogP contribution in [0.3, 0.4) is 0 Å². The lowest BCUT2D eigenvalue weighted by Crippen LogP contribution is -2.37. The van der Waals surface area contributed by atoms with Crippen LogP contribution in [0.2, 0.25) is 0 Å². The van der Waals surface area contributed by atoms with Gasteiger partial charge in [-0.3, -0.25) is 9.59 Å². The summed E-state index contributed by atoms with van der Waals surface area (Å²) in [5.74, 6) is -1.47. The Bertz CT molecular complexity index is 427. The molecule has 0 bridgehead atoms. The van der Waals surface area contributed by atoms with Crippen molar-refractivity contribution in [3.63, 3.8) is 0 Å². The van der Waals surface area contributed by atoms with E-state index >= 15 is 0 Å². The SMILES string of the molecule is C[C@@H](NC(=O)/C=C/c1csc(Br)c1)C(=O)O. The van der Waals surface area contributed by atoms with Gasteiger partial charge in [0.1, 0.15) is 6.04 Å². The van der Waals surface area contributed by atoms with E-state index in [9.17, 15) is 9.59 Å². The van der Waals surface area contributed by atoms with Crippen molar-refractivity contribution in [1.29, 1.82) is 0 Å². The van der Waals surface area contributed by atoms with Crippen LogP contribution in [0.1, 0.15) is 12.5 Å². The van der Waals surface area contributed by atoms with Crippen LogP contribution in [0.25, 0.3) is 6.08 Å². The fourth-order valence-corrected chi connectivity index (χ4v) is 2.05. The summed E-state index contributed by atoms with van der Waals surface area (Å²) in [5, 5.41) is 12.8. The summed E-state index contributed by atoms with van der Waals surface area (Å²) in [6.45, 7) is 1.41. The maximum absolute atomic E-state index is 11.3. The van der Waals surface area contributed by atoms with Crippen molar-refractivity contribution >= 4 is 45.2 Å². The maximum Gasteiger partial charge on any atom is 0.325 e. The molecular weight excluding hydrogens is 294 g/mol. The Balaban J connectivity index is 2.51. The van der Waals surface area contributed by atoms with Crippen molar-refractivity contribution in [2.45, 2.75) is 13.0 Å². The monoisotopic (exact) mass is 303 g/mol. The minimum absolute atomic E-state index is 0.419. The summed E-state index contributed by atoms with van der Waals surface area (Å²) in [4.78, 5) is 21.7. The number of carbonyl (C=O) groups is 2. The summed E-state index contributed by atoms with van der Waals surface area (Å²) < 4.78 is 0.978. The van der Waals surface area contributed by atoms with Crippen LogP contribution < -0.4 is 5.32 Å². The van der Waals surface area contributed by atoms with E-state index in [0.29, 0.717) is 0 Å². The third-order valence-electron chi connectivity index (χ3n) is 1.74. The molecule has 0 aliphatic heterocycles. The number of carboxylic acid groups (broad SMARTS) is 1. The Morgan fingerprint density at radius 1 is 1.62 bits per heavy atom. The highest BCUT2D eigenvalue weighted by Crippen LogP contribution is 2.21. The second-order valence-electron chi connectivity index (χ2n) is 3.09. The Morgan fingerprint density at radius 2 is 2.31 bits per heavy atom. The molecule has 1 amide bonds. The largest absolute Gasteiger partial charge is 0.480 e. The van der Waals surface area contributed by atoms with Crippen molar-refractivity contribution in [2.75, 3.05) is 0 Å². The summed E-state index contributed by atoms with van der Waals surface area (Å²) in [6, 6.07) is 0.987. The number of hydrogen-bond donors (Lipinski definition) is 2. The molecule has 0 saturated carbocycles. The van der Waals surface area contributed by atoms with Gasteiger partial charge in [0, 0.05) is 6.08 Å². The van der Waals surface area contributed by atoms with E-state index in [1.165, 1.54) is 24.3 Å². The lowest BCUT2D eigenvalue weighted by molar-refractivity contribution is -0.140. The van der Waals surface area contributed by atoms with E-state index < -0.39 is 17.9 Å². The number of carboxylic acids is 1. The number of rotatable bonds is 4. The first-order valence-electron chi connectivity index (χ1n) is 4.44. The second-order valence-corrected chi connectivity index (χ2v) is 5.38. The minimum atomic E-state index is -1.06. The zero-order valence-corrected chi connectivity index (χ0v) is 10.8. The summed E-state index contributed by atoms with van der Waals surface area (Å²) >= 11 is 4.82. The second kappa shape index (κ2) is 5.81. The van der Waals surface area contributed by atoms with Crippen LogP contribution >= 0.6 is 27.3 Å². The van der Waals surface area contributed by atoms with Crippen LogP contribution in [0, 0.1) is 0 Å². The van der Waals surface area contributed by atoms with Crippen LogP contribution in [0.4, 0.5) is 0 Å². The van der Waals surface area contributed by atoms with E-state index in [4.69, 9.17) is 5.11 Å². The molecule has 1 atom stereocenters. The average molecular weight is 304 g/mol. The fraction of sp³-hybridized carbons (Fsp3) is 0.200. The highest BCUT2D eigenvalue weighted by molar-refractivity contribution is 9.11. The van der Waals surface area contributed by atoms with E-state index in [2.05, 4.69) is 21.2 Å². The summed E-state index contributed by atoms with van der Waals surface area (Å²) in [6.07, 6.45) is 2.94. The molecule has 0 fully saturated rings. The summed E-state index contributed by atoms with van der Waals surface area (Å²) in [5.41, 5.74) is 0.898. The highest BCUT2D eigenvalue weighted by atomic mass is 79.9. The van der Waals surface area contributed by atoms with Crippen molar-refractivity contribution in [2.24, 2.45) is 0 Å². The van der Waals surface area contributed by atoms with Gasteiger partial charge in [0.25, 0.3) is 0 Å². The Morgan fingerprint density at radius 3 is 2.81 bits per heavy atom. The molecule has 1 aromatic heterocycles. The van der Waals surface area contributed by atoms with Gasteiger partial charge in [-0.25, -0.2) is 0 Å². The quantitative estimate of drug-likeness (QED) is 0.837. The predicted octanol–water partition coefficient (Wildman–Crippen LogP) is 2.11. The topological polar surface area (TPSA) is 66.4 Å². The van der Waals surface area contributed by atoms with Gasteiger partial charge in [0.15, 0.2) is 0 Å². The number of aliphatic carboxylic acids is 1. The molecule has 6 heteroatoms. The minimum Gasteiger partial charge on any atom is -0.480 e. The van der Waals surface area contributed by atoms with Crippen molar-refractivity contribution < 1.29 is 14.7 Å². The molecule has 4 nitrogen and oxygen atoms in total. The highest BCUT2D eigenvalue weighted by Gasteiger charge is 2.11. The molecule has 0 aliphatic rings. The van der Waals surface area contributed by atoms with Gasteiger partial charge in [0.2, 0.25) is 5.91 Å². The number of nitrogens with one attached hydrogen (secondary N) is 1. The fourth-order valence-electron chi connectivity index (χ4n) is 0.906. The number of carbonyl (C=O) groups excluding carboxylic acids is 1. The lowest BCUT2D eigenvalue weighted by Gasteiger charge is -2.05. The predicted molar refractivity (Wildman–Crippen MR) is 66.3 cm³/mol. The zero-order valence-electron chi connectivity index (χ0n) is 8.44. The lowest BCUT2D eigenvalue weighted by atomic mass is 10.3. The van der Waals surface area contributed by atoms with Gasteiger partial charge in [-0.1, -0.05) is 0 Å². The third kappa shape index (κ3) is 4.16. The molecule has 0 radical (unpaired) electrons. The molecule has 0 aromatic carbocycles. The van der Waals surface area contributed by atoms with Crippen molar-refractivity contribution in [3.05, 3.63) is 26.9 Å². The van der Waals surface area contributed by atoms with E-state index in [1.807, 2.05) is 11.4 Å². The smallest absolute Gasteiger partial charge is 0.325 e. The number of thiophene rings is 1. The number of hydrogen-bond acceptors (Lipinski definition) is 3. The molecule has 0 unspecified atom stereocenters. The van der Waals surface area contributed by atoms with Gasteiger partial charge < -0.3 is 10.4 Å². The van der Waals surface area contributed by atoms with Crippen LogP contribution in [-0.2, 0) is 9.59 Å². The Labute approximate surface area is 105 Å². The van der Waals surface area contributed by atoms with E-state index in [-0.39, 0.29) is 0 Å². The Hall–Kier alpha value is -1.14. The molecule has 1 aromatic rings. The number of amides is 1. The molecule has 0 spiro atoms. The van der Waals surface area contributed by atoms with Crippen molar-refractivity contribution in [3.8, 4) is 0 Å². The zero-order chi connectivity index (χ0) is 12.1. The van der Waals surface area contributed by atoms with Crippen LogP contribution in [0.15, 0.2) is 21.3 Å². The first-order chi connectivity index (χ1) is 7.49. The Kier molecular flexibility index (Phi) is 4.70. The third-order valence-corrected chi connectivity index (χ3v) is 3.27. The molecule has 0 aliphatic carbocycles. The average Bonchev–Trinajstić information content (AvgIpc) is 2.61. The first kappa shape index (κ1) is 12.9. The molecule has 1 heterocycles. The molecule has 1 rings (SSSR count). The standard InChI is InChI=1S/C10H10BrNO3S/c1-6(10(14)15)12-9(13)3-2-7-4-8(11)16-5-7/h2-6H,1H3,(H,12,13)(H,14,15)/b3-2+/t6-/m1/s1. The van der Waals surface area contributed by atoms with Gasteiger partial charge in [-0.15, -0.1) is 11.3 Å².